The fraction of sp³-hybridized carbons (Fsp3) is 0.286. The standard InChI is InChI=1S/C14H14F2O2/c15-7-9-17-13-6-5-11-3-1-2-4-12(11)14(13)18-10-8-16/h1-6H,7-10H2. The molecule has 96 valence electrons. The van der Waals surface area contributed by atoms with Crippen LogP contribution in [-0.4, -0.2) is 26.6 Å². The molecule has 2 aromatic rings. The van der Waals surface area contributed by atoms with E-state index in [-0.39, 0.29) is 13.2 Å². The third-order valence-electron chi connectivity index (χ3n) is 2.50. The Morgan fingerprint density at radius 2 is 1.56 bits per heavy atom. The van der Waals surface area contributed by atoms with Gasteiger partial charge < -0.3 is 9.47 Å². The molecule has 0 radical (unpaired) electrons. The lowest BCUT2D eigenvalue weighted by molar-refractivity contribution is 0.237. The molecule has 0 N–H and O–H groups in total. The lowest BCUT2D eigenvalue weighted by atomic mass is 10.1. The molecular formula is C14H14F2O2. The van der Waals surface area contributed by atoms with Crippen molar-refractivity contribution < 1.29 is 18.3 Å². The largest absolute Gasteiger partial charge is 0.487 e. The van der Waals surface area contributed by atoms with Gasteiger partial charge >= 0.3 is 0 Å². The fourth-order valence-electron chi connectivity index (χ4n) is 1.77. The Morgan fingerprint density at radius 3 is 2.33 bits per heavy atom. The van der Waals surface area contributed by atoms with Crippen LogP contribution in [0.15, 0.2) is 36.4 Å². The molecule has 0 bridgehead atoms. The lowest BCUT2D eigenvalue weighted by Gasteiger charge is -2.13. The fourth-order valence-corrected chi connectivity index (χ4v) is 1.77. The summed E-state index contributed by atoms with van der Waals surface area (Å²) in [7, 11) is 0. The number of fused-ring (bicyclic) bond motifs is 1. The van der Waals surface area contributed by atoms with Crippen LogP contribution in [0.1, 0.15) is 0 Å². The highest BCUT2D eigenvalue weighted by Gasteiger charge is 2.10. The van der Waals surface area contributed by atoms with Crippen molar-refractivity contribution in [2.45, 2.75) is 0 Å². The molecule has 0 spiro atoms. The van der Waals surface area contributed by atoms with E-state index in [0.29, 0.717) is 11.5 Å². The molecule has 18 heavy (non-hydrogen) atoms. The Balaban J connectivity index is 2.41. The highest BCUT2D eigenvalue weighted by Crippen LogP contribution is 2.35. The molecule has 2 aromatic carbocycles. The molecule has 0 aliphatic carbocycles. The Kier molecular flexibility index (Phi) is 4.34. The Bertz CT molecular complexity index is 514. The number of rotatable bonds is 6. The quantitative estimate of drug-likeness (QED) is 0.783. The van der Waals surface area contributed by atoms with Crippen LogP contribution < -0.4 is 9.47 Å². The number of ether oxygens (including phenoxy) is 2. The van der Waals surface area contributed by atoms with Crippen LogP contribution in [0, 0.1) is 0 Å². The van der Waals surface area contributed by atoms with E-state index in [4.69, 9.17) is 9.47 Å². The van der Waals surface area contributed by atoms with E-state index < -0.39 is 13.3 Å². The molecule has 2 nitrogen and oxygen atoms in total. The van der Waals surface area contributed by atoms with E-state index in [1.165, 1.54) is 0 Å². The molecule has 0 unspecified atom stereocenters. The first-order valence-electron chi connectivity index (χ1n) is 5.76. The SMILES string of the molecule is FCCOc1ccc2ccccc2c1OCCF. The summed E-state index contributed by atoms with van der Waals surface area (Å²) in [4.78, 5) is 0. The van der Waals surface area contributed by atoms with Gasteiger partial charge in [-0.25, -0.2) is 8.78 Å². The van der Waals surface area contributed by atoms with E-state index in [1.807, 2.05) is 30.3 Å². The monoisotopic (exact) mass is 252 g/mol. The summed E-state index contributed by atoms with van der Waals surface area (Å²) in [6.45, 7) is -1.23. The van der Waals surface area contributed by atoms with Crippen molar-refractivity contribution in [1.82, 2.24) is 0 Å². The van der Waals surface area contributed by atoms with Gasteiger partial charge in [-0.3, -0.25) is 0 Å². The normalized spacial score (nSPS) is 10.6. The molecule has 0 atom stereocenters. The lowest BCUT2D eigenvalue weighted by Crippen LogP contribution is -2.04. The molecule has 0 saturated carbocycles. The Morgan fingerprint density at radius 1 is 0.833 bits per heavy atom. The number of hydrogen-bond donors (Lipinski definition) is 0. The van der Waals surface area contributed by atoms with Crippen LogP contribution >= 0.6 is 0 Å². The van der Waals surface area contributed by atoms with Crippen molar-refractivity contribution in [3.8, 4) is 11.5 Å². The van der Waals surface area contributed by atoms with Gasteiger partial charge in [-0.05, 0) is 11.5 Å². The molecule has 0 amide bonds. The van der Waals surface area contributed by atoms with Crippen molar-refractivity contribution in [3.05, 3.63) is 36.4 Å². The van der Waals surface area contributed by atoms with Crippen LogP contribution in [0.5, 0.6) is 11.5 Å². The highest BCUT2D eigenvalue weighted by atomic mass is 19.1. The highest BCUT2D eigenvalue weighted by molar-refractivity contribution is 5.90. The maximum Gasteiger partial charge on any atom is 0.169 e. The molecule has 0 saturated heterocycles. The molecule has 4 heteroatoms. The second kappa shape index (κ2) is 6.19. The van der Waals surface area contributed by atoms with Gasteiger partial charge in [0.25, 0.3) is 0 Å². The first-order valence-corrected chi connectivity index (χ1v) is 5.76. The zero-order valence-corrected chi connectivity index (χ0v) is 9.86. The average molecular weight is 252 g/mol. The van der Waals surface area contributed by atoms with E-state index in [2.05, 4.69) is 0 Å². The molecular weight excluding hydrogens is 238 g/mol. The van der Waals surface area contributed by atoms with Gasteiger partial charge in [0.05, 0.1) is 0 Å². The first kappa shape index (κ1) is 12.6. The smallest absolute Gasteiger partial charge is 0.169 e. The second-order valence-corrected chi connectivity index (χ2v) is 3.69. The van der Waals surface area contributed by atoms with Crippen LogP contribution in [0.2, 0.25) is 0 Å². The van der Waals surface area contributed by atoms with Crippen LogP contribution in [-0.2, 0) is 0 Å². The number of halogens is 2. The summed E-state index contributed by atoms with van der Waals surface area (Å²) in [5, 5.41) is 1.81. The van der Waals surface area contributed by atoms with E-state index in [9.17, 15) is 8.78 Å². The predicted molar refractivity (Wildman–Crippen MR) is 66.9 cm³/mol. The zero-order valence-electron chi connectivity index (χ0n) is 9.86. The summed E-state index contributed by atoms with van der Waals surface area (Å²) in [6, 6.07) is 11.1. The van der Waals surface area contributed by atoms with Crippen LogP contribution in [0.4, 0.5) is 8.78 Å². The minimum atomic E-state index is -0.578. The van der Waals surface area contributed by atoms with Crippen LogP contribution in [0.3, 0.4) is 0 Å². The minimum Gasteiger partial charge on any atom is -0.487 e. The maximum atomic E-state index is 12.2. The molecule has 0 heterocycles. The summed E-state index contributed by atoms with van der Waals surface area (Å²) in [6.07, 6.45) is 0. The summed E-state index contributed by atoms with van der Waals surface area (Å²) < 4.78 is 35.0. The van der Waals surface area contributed by atoms with Crippen molar-refractivity contribution in [3.63, 3.8) is 0 Å². The van der Waals surface area contributed by atoms with Gasteiger partial charge in [-0.2, -0.15) is 0 Å². The topological polar surface area (TPSA) is 18.5 Å². The molecule has 0 aromatic heterocycles. The van der Waals surface area contributed by atoms with Gasteiger partial charge in [0.2, 0.25) is 0 Å². The number of benzene rings is 2. The molecule has 0 aliphatic heterocycles. The summed E-state index contributed by atoms with van der Waals surface area (Å²) >= 11 is 0. The van der Waals surface area contributed by atoms with Crippen molar-refractivity contribution in [1.29, 1.82) is 0 Å². The average Bonchev–Trinajstić information content (AvgIpc) is 2.43. The number of hydrogen-bond acceptors (Lipinski definition) is 2. The van der Waals surface area contributed by atoms with E-state index in [0.717, 1.165) is 10.8 Å². The van der Waals surface area contributed by atoms with E-state index in [1.54, 1.807) is 6.07 Å². The first-order chi connectivity index (χ1) is 8.86. The third kappa shape index (κ3) is 2.70. The van der Waals surface area contributed by atoms with Crippen molar-refractivity contribution in [2.24, 2.45) is 0 Å². The van der Waals surface area contributed by atoms with Gasteiger partial charge in [0.1, 0.15) is 26.6 Å². The van der Waals surface area contributed by atoms with Gasteiger partial charge in [-0.15, -0.1) is 0 Å². The minimum absolute atomic E-state index is 0.0374. The maximum absolute atomic E-state index is 12.2. The Hall–Kier alpha value is -1.84. The molecule has 0 fully saturated rings. The predicted octanol–water partition coefficient (Wildman–Crippen LogP) is 3.54. The van der Waals surface area contributed by atoms with Gasteiger partial charge in [0.15, 0.2) is 11.5 Å². The Labute approximate surface area is 104 Å². The van der Waals surface area contributed by atoms with Gasteiger partial charge in [-0.1, -0.05) is 30.3 Å². The summed E-state index contributed by atoms with van der Waals surface area (Å²) in [5.41, 5.74) is 0. The van der Waals surface area contributed by atoms with E-state index >= 15 is 0 Å². The van der Waals surface area contributed by atoms with Crippen molar-refractivity contribution in [2.75, 3.05) is 26.6 Å². The third-order valence-corrected chi connectivity index (χ3v) is 2.50. The summed E-state index contributed by atoms with van der Waals surface area (Å²) in [5.74, 6) is 0.916. The second-order valence-electron chi connectivity index (χ2n) is 3.69. The van der Waals surface area contributed by atoms with Crippen LogP contribution in [0.25, 0.3) is 10.8 Å². The number of alkyl halides is 2. The molecule has 2 rings (SSSR count). The zero-order chi connectivity index (χ0) is 12.8. The molecule has 0 aliphatic rings. The van der Waals surface area contributed by atoms with Gasteiger partial charge in [0, 0.05) is 5.39 Å². The van der Waals surface area contributed by atoms with Crippen molar-refractivity contribution >= 4 is 10.8 Å².